The highest BCUT2D eigenvalue weighted by molar-refractivity contribution is 5.94. The van der Waals surface area contributed by atoms with Crippen molar-refractivity contribution in [3.8, 4) is 0 Å². The minimum atomic E-state index is -1.39. The molecule has 0 radical (unpaired) electrons. The lowest BCUT2D eigenvalue weighted by Gasteiger charge is -2.37. The predicted molar refractivity (Wildman–Crippen MR) is 114 cm³/mol. The molecule has 5 rings (SSSR count). The van der Waals surface area contributed by atoms with Gasteiger partial charge in [0.25, 0.3) is 5.56 Å². The summed E-state index contributed by atoms with van der Waals surface area (Å²) in [5.41, 5.74) is 1.57. The molecule has 0 bridgehead atoms. The van der Waals surface area contributed by atoms with Crippen molar-refractivity contribution in [2.75, 3.05) is 0 Å². The van der Waals surface area contributed by atoms with E-state index < -0.39 is 12.3 Å². The van der Waals surface area contributed by atoms with Crippen LogP contribution in [0.5, 0.6) is 0 Å². The van der Waals surface area contributed by atoms with Crippen molar-refractivity contribution >= 4 is 33.6 Å². The number of para-hydroxylation sites is 2. The van der Waals surface area contributed by atoms with E-state index in [1.165, 1.54) is 21.0 Å². The lowest BCUT2D eigenvalue weighted by molar-refractivity contribution is -0.151. The van der Waals surface area contributed by atoms with Gasteiger partial charge in [-0.25, -0.2) is 4.98 Å². The van der Waals surface area contributed by atoms with Gasteiger partial charge in [-0.2, -0.15) is 0 Å². The Morgan fingerprint density at radius 1 is 1.06 bits per heavy atom. The molecule has 156 valence electrons. The number of nitrogens with zero attached hydrogens (tertiary/aromatic N) is 4. The van der Waals surface area contributed by atoms with Gasteiger partial charge >= 0.3 is 0 Å². The number of fused-ring (bicyclic) bond motifs is 3. The normalized spacial score (nSPS) is 18.5. The van der Waals surface area contributed by atoms with Crippen molar-refractivity contribution in [2.45, 2.75) is 32.7 Å². The Kier molecular flexibility index (Phi) is 4.26. The van der Waals surface area contributed by atoms with Crippen molar-refractivity contribution < 1.29 is 14.7 Å². The maximum atomic E-state index is 13.2. The molecule has 8 heteroatoms. The van der Waals surface area contributed by atoms with E-state index in [0.717, 1.165) is 16.5 Å². The van der Waals surface area contributed by atoms with E-state index in [1.807, 2.05) is 24.3 Å². The Labute approximate surface area is 177 Å². The van der Waals surface area contributed by atoms with Crippen LogP contribution in [0, 0.1) is 0 Å². The van der Waals surface area contributed by atoms with Crippen LogP contribution in [0.1, 0.15) is 42.3 Å². The van der Waals surface area contributed by atoms with Gasteiger partial charge in [0.1, 0.15) is 6.04 Å². The quantitative estimate of drug-likeness (QED) is 0.542. The SMILES string of the molecule is CC(=O)n1cc(CN2C(=O)[C@H](C)n3c(nc4ccccc4c3=O)[C@@H]2O)c2ccccc21. The van der Waals surface area contributed by atoms with Crippen LogP contribution in [0.25, 0.3) is 21.8 Å². The first-order valence-corrected chi connectivity index (χ1v) is 9.98. The third-order valence-corrected chi connectivity index (χ3v) is 5.86. The van der Waals surface area contributed by atoms with Crippen LogP contribution in [0.15, 0.2) is 59.5 Å². The molecule has 0 fully saturated rings. The highest BCUT2D eigenvalue weighted by atomic mass is 16.3. The second-order valence-electron chi connectivity index (χ2n) is 7.74. The molecule has 1 amide bonds. The number of hydrogen-bond donors (Lipinski definition) is 1. The van der Waals surface area contributed by atoms with Crippen molar-refractivity contribution in [2.24, 2.45) is 0 Å². The molecule has 4 aromatic rings. The summed E-state index contributed by atoms with van der Waals surface area (Å²) in [5.74, 6) is -0.406. The fraction of sp³-hybridized carbons (Fsp3) is 0.217. The third-order valence-electron chi connectivity index (χ3n) is 5.86. The van der Waals surface area contributed by atoms with E-state index in [9.17, 15) is 19.5 Å². The fourth-order valence-electron chi connectivity index (χ4n) is 4.31. The standard InChI is InChI=1S/C23H20N4O4/c1-13-21(29)26(12-15-11-25(14(2)28)19-10-6-4-7-16(15)19)23(31)20-24-18-9-5-3-8-17(18)22(30)27(13)20/h3-11,13,23,31H,12H2,1-2H3/t13-,23-/m0/s1. The Hall–Kier alpha value is -3.78. The van der Waals surface area contributed by atoms with E-state index in [2.05, 4.69) is 4.98 Å². The zero-order valence-corrected chi connectivity index (χ0v) is 17.0. The molecular formula is C23H20N4O4. The van der Waals surface area contributed by atoms with Gasteiger partial charge in [-0.15, -0.1) is 0 Å². The molecule has 0 aliphatic carbocycles. The molecule has 2 aromatic carbocycles. The van der Waals surface area contributed by atoms with Crippen LogP contribution in [-0.2, 0) is 11.3 Å². The van der Waals surface area contributed by atoms with Crippen LogP contribution in [0.3, 0.4) is 0 Å². The van der Waals surface area contributed by atoms with Crippen LogP contribution >= 0.6 is 0 Å². The first-order valence-electron chi connectivity index (χ1n) is 9.98. The van der Waals surface area contributed by atoms with E-state index in [1.54, 1.807) is 37.4 Å². The maximum absolute atomic E-state index is 13.2. The molecule has 8 nitrogen and oxygen atoms in total. The summed E-state index contributed by atoms with van der Waals surface area (Å²) in [6.07, 6.45) is 0.299. The summed E-state index contributed by atoms with van der Waals surface area (Å²) in [6.45, 7) is 3.17. The van der Waals surface area contributed by atoms with Crippen molar-refractivity contribution in [1.29, 1.82) is 0 Å². The van der Waals surface area contributed by atoms with Gasteiger partial charge in [0.05, 0.1) is 23.0 Å². The number of carbonyl (C=O) groups excluding carboxylic acids is 2. The molecule has 3 heterocycles. The highest BCUT2D eigenvalue weighted by Crippen LogP contribution is 2.32. The van der Waals surface area contributed by atoms with Crippen LogP contribution in [-0.4, -0.2) is 35.9 Å². The van der Waals surface area contributed by atoms with Gasteiger partial charge < -0.3 is 10.0 Å². The molecule has 1 N–H and O–H groups in total. The van der Waals surface area contributed by atoms with Crippen molar-refractivity contribution in [1.82, 2.24) is 19.0 Å². The maximum Gasteiger partial charge on any atom is 0.262 e. The van der Waals surface area contributed by atoms with Gasteiger partial charge in [-0.3, -0.25) is 23.5 Å². The Morgan fingerprint density at radius 3 is 2.48 bits per heavy atom. The summed E-state index contributed by atoms with van der Waals surface area (Å²) in [4.78, 5) is 44.0. The van der Waals surface area contributed by atoms with Crippen LogP contribution in [0.2, 0.25) is 0 Å². The predicted octanol–water partition coefficient (Wildman–Crippen LogP) is 2.61. The molecule has 0 saturated carbocycles. The third kappa shape index (κ3) is 2.79. The lowest BCUT2D eigenvalue weighted by Crippen LogP contribution is -2.49. The number of amides is 1. The smallest absolute Gasteiger partial charge is 0.262 e. The van der Waals surface area contributed by atoms with Crippen molar-refractivity contribution in [3.63, 3.8) is 0 Å². The largest absolute Gasteiger partial charge is 0.367 e. The highest BCUT2D eigenvalue weighted by Gasteiger charge is 2.39. The van der Waals surface area contributed by atoms with Crippen LogP contribution < -0.4 is 5.56 Å². The number of hydrogen-bond acceptors (Lipinski definition) is 5. The second kappa shape index (κ2) is 6.88. The number of aliphatic hydroxyl groups excluding tert-OH is 1. The van der Waals surface area contributed by atoms with E-state index in [4.69, 9.17) is 0 Å². The Morgan fingerprint density at radius 2 is 1.74 bits per heavy atom. The van der Waals surface area contributed by atoms with Crippen LogP contribution in [0.4, 0.5) is 0 Å². The number of aliphatic hydroxyl groups is 1. The van der Waals surface area contributed by atoms with E-state index >= 15 is 0 Å². The number of carbonyl (C=O) groups is 2. The van der Waals surface area contributed by atoms with E-state index in [-0.39, 0.29) is 29.7 Å². The average Bonchev–Trinajstić information content (AvgIpc) is 3.14. The minimum absolute atomic E-state index is 0.0772. The molecule has 0 spiro atoms. The zero-order chi connectivity index (χ0) is 21.9. The summed E-state index contributed by atoms with van der Waals surface area (Å²) in [7, 11) is 0. The lowest BCUT2D eigenvalue weighted by atomic mass is 10.1. The van der Waals surface area contributed by atoms with Gasteiger partial charge in [0.2, 0.25) is 11.8 Å². The van der Waals surface area contributed by atoms with Gasteiger partial charge in [-0.05, 0) is 30.7 Å². The molecule has 0 unspecified atom stereocenters. The van der Waals surface area contributed by atoms with Gasteiger partial charge in [-0.1, -0.05) is 30.3 Å². The summed E-state index contributed by atoms with van der Waals surface area (Å²) in [5, 5.41) is 12.3. The average molecular weight is 416 g/mol. The molecule has 1 aliphatic rings. The molecule has 2 aromatic heterocycles. The van der Waals surface area contributed by atoms with E-state index in [0.29, 0.717) is 10.9 Å². The summed E-state index contributed by atoms with van der Waals surface area (Å²) < 4.78 is 2.80. The Bertz CT molecular complexity index is 1430. The molecular weight excluding hydrogens is 396 g/mol. The minimum Gasteiger partial charge on any atom is -0.367 e. The van der Waals surface area contributed by atoms with Gasteiger partial charge in [0, 0.05) is 18.5 Å². The number of benzene rings is 2. The first-order chi connectivity index (χ1) is 14.9. The zero-order valence-electron chi connectivity index (χ0n) is 17.0. The second-order valence-corrected chi connectivity index (χ2v) is 7.74. The molecule has 0 saturated heterocycles. The summed E-state index contributed by atoms with van der Waals surface area (Å²) >= 11 is 0. The molecule has 1 aliphatic heterocycles. The number of aromatic nitrogens is 3. The first kappa shape index (κ1) is 19.2. The molecule has 2 atom stereocenters. The molecule has 31 heavy (non-hydrogen) atoms. The Balaban J connectivity index is 1.63. The monoisotopic (exact) mass is 416 g/mol. The number of rotatable bonds is 2. The fourth-order valence-corrected chi connectivity index (χ4v) is 4.31. The van der Waals surface area contributed by atoms with Gasteiger partial charge in [0.15, 0.2) is 12.1 Å². The van der Waals surface area contributed by atoms with Crippen molar-refractivity contribution in [3.05, 3.63) is 76.5 Å². The topological polar surface area (TPSA) is 97.4 Å². The summed E-state index contributed by atoms with van der Waals surface area (Å²) in [6, 6.07) is 13.5.